The number of nitrogens with zero attached hydrogens (tertiary/aromatic N) is 1. The molecule has 140 valence electrons. The summed E-state index contributed by atoms with van der Waals surface area (Å²) < 4.78 is 27.7. The Morgan fingerprint density at radius 2 is 1.81 bits per heavy atom. The molecule has 8 heteroatoms. The normalized spacial score (nSPS) is 11.3. The zero-order valence-corrected chi connectivity index (χ0v) is 17.4. The van der Waals surface area contributed by atoms with E-state index in [1.54, 1.807) is 23.1 Å². The minimum absolute atomic E-state index is 0.0379. The van der Waals surface area contributed by atoms with Gasteiger partial charge in [-0.05, 0) is 42.8 Å². The van der Waals surface area contributed by atoms with Gasteiger partial charge in [-0.15, -0.1) is 0 Å². The van der Waals surface area contributed by atoms with E-state index in [0.717, 1.165) is 10.0 Å². The Morgan fingerprint density at radius 3 is 2.42 bits per heavy atom. The van der Waals surface area contributed by atoms with Gasteiger partial charge in [0.15, 0.2) is 0 Å². The van der Waals surface area contributed by atoms with E-state index >= 15 is 0 Å². The largest absolute Gasteiger partial charge is 0.339 e. The van der Waals surface area contributed by atoms with E-state index in [1.807, 2.05) is 25.1 Å². The summed E-state index contributed by atoms with van der Waals surface area (Å²) in [6.07, 6.45) is 0.0774. The van der Waals surface area contributed by atoms with Crippen LogP contribution in [-0.4, -0.2) is 32.3 Å². The van der Waals surface area contributed by atoms with Crippen LogP contribution < -0.4 is 4.72 Å². The van der Waals surface area contributed by atoms with Gasteiger partial charge in [-0.1, -0.05) is 45.7 Å². The van der Waals surface area contributed by atoms with Crippen molar-refractivity contribution >= 4 is 43.5 Å². The quantitative estimate of drug-likeness (QED) is 0.652. The van der Waals surface area contributed by atoms with Crippen LogP contribution in [0.2, 0.25) is 5.02 Å². The molecule has 0 saturated heterocycles. The molecule has 26 heavy (non-hydrogen) atoms. The molecule has 2 rings (SSSR count). The van der Waals surface area contributed by atoms with Crippen molar-refractivity contribution < 1.29 is 13.2 Å². The Labute approximate surface area is 167 Å². The molecular formula is C18H20BrClN2O3S. The van der Waals surface area contributed by atoms with Crippen LogP contribution in [0.3, 0.4) is 0 Å². The van der Waals surface area contributed by atoms with Gasteiger partial charge in [-0.2, -0.15) is 0 Å². The summed E-state index contributed by atoms with van der Waals surface area (Å²) in [6.45, 7) is 2.83. The van der Waals surface area contributed by atoms with Crippen LogP contribution in [0.5, 0.6) is 0 Å². The predicted octanol–water partition coefficient (Wildman–Crippen LogP) is 3.82. The van der Waals surface area contributed by atoms with Gasteiger partial charge in [0.2, 0.25) is 15.9 Å². The fraction of sp³-hybridized carbons (Fsp3) is 0.278. The lowest BCUT2D eigenvalue weighted by atomic mass is 10.2. The maximum absolute atomic E-state index is 12.4. The minimum Gasteiger partial charge on any atom is -0.339 e. The molecule has 0 aliphatic carbocycles. The molecule has 0 unspecified atom stereocenters. The van der Waals surface area contributed by atoms with Crippen LogP contribution >= 0.6 is 27.5 Å². The highest BCUT2D eigenvalue weighted by Crippen LogP contribution is 2.17. The molecule has 0 aliphatic rings. The number of benzene rings is 2. The lowest BCUT2D eigenvalue weighted by molar-refractivity contribution is -0.131. The first kappa shape index (κ1) is 20.9. The maximum Gasteiger partial charge on any atom is 0.240 e. The molecule has 5 nitrogen and oxygen atoms in total. The average Bonchev–Trinajstić information content (AvgIpc) is 2.61. The van der Waals surface area contributed by atoms with Crippen LogP contribution in [0.15, 0.2) is 57.9 Å². The van der Waals surface area contributed by atoms with E-state index in [1.165, 1.54) is 12.1 Å². The second-order valence-electron chi connectivity index (χ2n) is 5.60. The highest BCUT2D eigenvalue weighted by atomic mass is 79.9. The van der Waals surface area contributed by atoms with Crippen LogP contribution in [0.1, 0.15) is 18.9 Å². The Bertz CT molecular complexity index is 857. The molecule has 0 aliphatic heterocycles. The summed E-state index contributed by atoms with van der Waals surface area (Å²) in [5.74, 6) is -0.133. The van der Waals surface area contributed by atoms with Crippen molar-refractivity contribution in [2.75, 3.05) is 13.1 Å². The van der Waals surface area contributed by atoms with Gasteiger partial charge in [0, 0.05) is 35.6 Å². The number of rotatable bonds is 8. The zero-order valence-electron chi connectivity index (χ0n) is 14.3. The second kappa shape index (κ2) is 9.50. The predicted molar refractivity (Wildman–Crippen MR) is 106 cm³/mol. The number of carbonyl (C=O) groups is 1. The summed E-state index contributed by atoms with van der Waals surface area (Å²) in [5, 5.41) is 0.606. The third kappa shape index (κ3) is 5.81. The van der Waals surface area contributed by atoms with Crippen LogP contribution in [0.4, 0.5) is 0 Å². The highest BCUT2D eigenvalue weighted by Gasteiger charge is 2.17. The lowest BCUT2D eigenvalue weighted by Gasteiger charge is -2.21. The van der Waals surface area contributed by atoms with Crippen LogP contribution in [-0.2, 0) is 21.4 Å². The fourth-order valence-corrected chi connectivity index (χ4v) is 3.85. The number of nitrogens with one attached hydrogen (secondary N) is 1. The van der Waals surface area contributed by atoms with Gasteiger partial charge in [-0.25, -0.2) is 13.1 Å². The molecule has 0 bridgehead atoms. The van der Waals surface area contributed by atoms with Gasteiger partial charge < -0.3 is 4.90 Å². The third-order valence-corrected chi connectivity index (χ3v) is 6.18. The number of amides is 1. The summed E-state index contributed by atoms with van der Waals surface area (Å²) >= 11 is 9.41. The standard InChI is InChI=1S/C18H20BrClN2O3S/c1-2-22(13-14-5-3-4-6-17(14)20)18(23)11-12-21-26(24,25)16-9-7-15(19)8-10-16/h3-10,21H,2,11-13H2,1H3. The maximum atomic E-state index is 12.4. The Kier molecular flexibility index (Phi) is 7.64. The van der Waals surface area contributed by atoms with Crippen molar-refractivity contribution in [3.05, 3.63) is 63.6 Å². The first-order valence-corrected chi connectivity index (χ1v) is 10.8. The smallest absolute Gasteiger partial charge is 0.240 e. The number of hydrogen-bond acceptors (Lipinski definition) is 3. The number of hydrogen-bond donors (Lipinski definition) is 1. The number of carbonyl (C=O) groups excluding carboxylic acids is 1. The van der Waals surface area contributed by atoms with Crippen LogP contribution in [0.25, 0.3) is 0 Å². The monoisotopic (exact) mass is 458 g/mol. The van der Waals surface area contributed by atoms with Crippen molar-refractivity contribution in [3.8, 4) is 0 Å². The third-order valence-electron chi connectivity index (χ3n) is 3.81. The average molecular weight is 460 g/mol. The Balaban J connectivity index is 1.92. The second-order valence-corrected chi connectivity index (χ2v) is 8.69. The summed E-state index contributed by atoms with van der Waals surface area (Å²) in [7, 11) is -3.63. The van der Waals surface area contributed by atoms with Gasteiger partial charge in [0.25, 0.3) is 0 Å². The molecule has 1 N–H and O–H groups in total. The Morgan fingerprint density at radius 1 is 1.15 bits per heavy atom. The van der Waals surface area contributed by atoms with Gasteiger partial charge in [0.1, 0.15) is 0 Å². The van der Waals surface area contributed by atoms with Crippen molar-refractivity contribution in [1.82, 2.24) is 9.62 Å². The summed E-state index contributed by atoms with van der Waals surface area (Å²) in [4.78, 5) is 14.2. The van der Waals surface area contributed by atoms with E-state index in [4.69, 9.17) is 11.6 Å². The molecule has 0 atom stereocenters. The molecular weight excluding hydrogens is 440 g/mol. The molecule has 0 heterocycles. The van der Waals surface area contributed by atoms with Crippen molar-refractivity contribution in [3.63, 3.8) is 0 Å². The van der Waals surface area contributed by atoms with Crippen molar-refractivity contribution in [2.24, 2.45) is 0 Å². The lowest BCUT2D eigenvalue weighted by Crippen LogP contribution is -2.34. The summed E-state index contributed by atoms with van der Waals surface area (Å²) in [6, 6.07) is 13.7. The first-order chi connectivity index (χ1) is 12.3. The van der Waals surface area contributed by atoms with Crippen molar-refractivity contribution in [1.29, 1.82) is 0 Å². The number of halogens is 2. The molecule has 2 aromatic rings. The minimum atomic E-state index is -3.63. The Hall–Kier alpha value is -1.41. The van der Waals surface area contributed by atoms with E-state index < -0.39 is 10.0 Å². The molecule has 2 aromatic carbocycles. The molecule has 0 saturated carbocycles. The van der Waals surface area contributed by atoms with Crippen molar-refractivity contribution in [2.45, 2.75) is 24.8 Å². The molecule has 0 aromatic heterocycles. The molecule has 0 radical (unpaired) electrons. The van der Waals surface area contributed by atoms with Gasteiger partial charge >= 0.3 is 0 Å². The van der Waals surface area contributed by atoms with E-state index in [0.29, 0.717) is 18.1 Å². The zero-order chi connectivity index (χ0) is 19.2. The molecule has 0 spiro atoms. The van der Waals surface area contributed by atoms with E-state index in [2.05, 4.69) is 20.7 Å². The molecule has 0 fully saturated rings. The molecule has 1 amide bonds. The van der Waals surface area contributed by atoms with Crippen LogP contribution in [0, 0.1) is 0 Å². The van der Waals surface area contributed by atoms with Gasteiger partial charge in [-0.3, -0.25) is 4.79 Å². The topological polar surface area (TPSA) is 66.5 Å². The van der Waals surface area contributed by atoms with Gasteiger partial charge in [0.05, 0.1) is 4.90 Å². The SMILES string of the molecule is CCN(Cc1ccccc1Cl)C(=O)CCNS(=O)(=O)c1ccc(Br)cc1. The highest BCUT2D eigenvalue weighted by molar-refractivity contribution is 9.10. The van der Waals surface area contributed by atoms with E-state index in [9.17, 15) is 13.2 Å². The fourth-order valence-electron chi connectivity index (χ4n) is 2.36. The summed E-state index contributed by atoms with van der Waals surface area (Å²) in [5.41, 5.74) is 0.861. The number of sulfonamides is 1. The van der Waals surface area contributed by atoms with E-state index in [-0.39, 0.29) is 23.8 Å². The first-order valence-electron chi connectivity index (χ1n) is 8.10.